The number of hydrogen-bond donors (Lipinski definition) is 3. The van der Waals surface area contributed by atoms with Gasteiger partial charge in [-0.05, 0) is 60.4 Å². The average molecular weight is 434 g/mol. The summed E-state index contributed by atoms with van der Waals surface area (Å²) in [7, 11) is 0. The molecule has 7 nitrogen and oxygen atoms in total. The number of nitrogens with one attached hydrogen (secondary N) is 3. The van der Waals surface area contributed by atoms with Crippen molar-refractivity contribution in [2.24, 2.45) is 0 Å². The van der Waals surface area contributed by atoms with Crippen molar-refractivity contribution in [2.45, 2.75) is 33.2 Å². The molecule has 3 rings (SSSR count). The molecular weight excluding hydrogens is 406 g/mol. The molecule has 0 aliphatic rings. The average Bonchev–Trinajstić information content (AvgIpc) is 2.78. The molecule has 166 valence electrons. The van der Waals surface area contributed by atoms with Gasteiger partial charge in [-0.2, -0.15) is 0 Å². The Morgan fingerprint density at radius 3 is 2.41 bits per heavy atom. The number of aryl methyl sites for hydroxylation is 2. The van der Waals surface area contributed by atoms with Crippen molar-refractivity contribution in [2.75, 3.05) is 6.61 Å². The molecule has 0 bridgehead atoms. The maximum atomic E-state index is 12.4. The van der Waals surface area contributed by atoms with Crippen LogP contribution in [0.25, 0.3) is 10.8 Å². The Morgan fingerprint density at radius 2 is 1.62 bits per heavy atom. The van der Waals surface area contributed by atoms with Gasteiger partial charge >= 0.3 is 0 Å². The van der Waals surface area contributed by atoms with Gasteiger partial charge in [-0.15, -0.1) is 0 Å². The van der Waals surface area contributed by atoms with Gasteiger partial charge in [0.1, 0.15) is 11.8 Å². The number of hydrogen-bond acceptors (Lipinski definition) is 4. The normalized spacial score (nSPS) is 11.5. The monoisotopic (exact) mass is 433 g/mol. The molecule has 0 fully saturated rings. The first kappa shape index (κ1) is 22.8. The number of rotatable bonds is 7. The highest BCUT2D eigenvalue weighted by atomic mass is 16.5. The van der Waals surface area contributed by atoms with Gasteiger partial charge in [-0.1, -0.05) is 48.5 Å². The molecular formula is C25H27N3O4. The highest BCUT2D eigenvalue weighted by molar-refractivity contribution is 5.93. The van der Waals surface area contributed by atoms with Crippen molar-refractivity contribution in [3.8, 4) is 5.75 Å². The lowest BCUT2D eigenvalue weighted by atomic mass is 10.0. The first-order chi connectivity index (χ1) is 15.3. The molecule has 0 aromatic heterocycles. The highest BCUT2D eigenvalue weighted by Gasteiger charge is 2.17. The number of carbonyl (C=O) groups is 3. The van der Waals surface area contributed by atoms with Crippen LogP contribution in [0, 0.1) is 13.8 Å². The van der Waals surface area contributed by atoms with Gasteiger partial charge in [-0.3, -0.25) is 25.2 Å². The van der Waals surface area contributed by atoms with E-state index in [0.29, 0.717) is 5.75 Å². The third-order valence-corrected chi connectivity index (χ3v) is 5.18. The van der Waals surface area contributed by atoms with Crippen molar-refractivity contribution in [1.82, 2.24) is 16.2 Å². The predicted octanol–water partition coefficient (Wildman–Crippen LogP) is 2.73. The van der Waals surface area contributed by atoms with E-state index in [9.17, 15) is 14.4 Å². The Labute approximate surface area is 187 Å². The summed E-state index contributed by atoms with van der Waals surface area (Å²) in [4.78, 5) is 36.6. The number of carbonyl (C=O) groups excluding carboxylic acids is 3. The second kappa shape index (κ2) is 10.4. The Morgan fingerprint density at radius 1 is 0.875 bits per heavy atom. The van der Waals surface area contributed by atoms with E-state index in [0.717, 1.165) is 27.5 Å². The van der Waals surface area contributed by atoms with Gasteiger partial charge in [0.25, 0.3) is 11.8 Å². The van der Waals surface area contributed by atoms with E-state index < -0.39 is 17.9 Å². The molecule has 3 amide bonds. The van der Waals surface area contributed by atoms with Crippen molar-refractivity contribution in [1.29, 1.82) is 0 Å². The van der Waals surface area contributed by atoms with E-state index in [1.165, 1.54) is 0 Å². The Kier molecular flexibility index (Phi) is 7.44. The van der Waals surface area contributed by atoms with E-state index in [-0.39, 0.29) is 18.9 Å². The zero-order valence-electron chi connectivity index (χ0n) is 18.4. The summed E-state index contributed by atoms with van der Waals surface area (Å²) in [5.41, 5.74) is 7.67. The van der Waals surface area contributed by atoms with E-state index >= 15 is 0 Å². The fourth-order valence-electron chi connectivity index (χ4n) is 3.21. The smallest absolute Gasteiger partial charge is 0.276 e. The summed E-state index contributed by atoms with van der Waals surface area (Å²) in [6.45, 7) is 5.25. The Hall–Kier alpha value is -3.87. The summed E-state index contributed by atoms with van der Waals surface area (Å²) in [6.07, 6.45) is 0.148. The van der Waals surface area contributed by atoms with Crippen LogP contribution in [-0.2, 0) is 20.8 Å². The van der Waals surface area contributed by atoms with Crippen LogP contribution in [0.3, 0.4) is 0 Å². The summed E-state index contributed by atoms with van der Waals surface area (Å²) in [6, 6.07) is 18.3. The largest absolute Gasteiger partial charge is 0.484 e. The molecule has 0 saturated heterocycles. The predicted molar refractivity (Wildman–Crippen MR) is 123 cm³/mol. The standard InChI is InChI=1S/C25H27N3O4/c1-16-11-12-21(13-17(16)2)32-15-24(30)27-28-25(31)18(3)26-23(29)14-20-9-6-8-19-7-4-5-10-22(19)20/h4-13,18H,14-15H2,1-3H3,(H,26,29)(H,27,30)(H,28,31)/t18-/m0/s1. The van der Waals surface area contributed by atoms with Crippen molar-refractivity contribution >= 4 is 28.5 Å². The van der Waals surface area contributed by atoms with Crippen LogP contribution in [0.4, 0.5) is 0 Å². The first-order valence-corrected chi connectivity index (χ1v) is 10.4. The minimum Gasteiger partial charge on any atom is -0.484 e. The maximum absolute atomic E-state index is 12.4. The van der Waals surface area contributed by atoms with E-state index in [2.05, 4.69) is 16.2 Å². The molecule has 0 spiro atoms. The molecule has 0 aliphatic carbocycles. The number of amides is 3. The van der Waals surface area contributed by atoms with Crippen LogP contribution < -0.4 is 20.9 Å². The number of fused-ring (bicyclic) bond motifs is 1. The molecule has 3 N–H and O–H groups in total. The molecule has 3 aromatic rings. The highest BCUT2D eigenvalue weighted by Crippen LogP contribution is 2.19. The van der Waals surface area contributed by atoms with Gasteiger partial charge < -0.3 is 10.1 Å². The number of ether oxygens (including phenoxy) is 1. The minimum atomic E-state index is -0.821. The maximum Gasteiger partial charge on any atom is 0.276 e. The summed E-state index contributed by atoms with van der Waals surface area (Å²) in [5.74, 6) is -0.751. The zero-order valence-corrected chi connectivity index (χ0v) is 18.4. The summed E-state index contributed by atoms with van der Waals surface area (Å²) >= 11 is 0. The second-order valence-corrected chi connectivity index (χ2v) is 7.68. The SMILES string of the molecule is Cc1ccc(OCC(=O)NNC(=O)[C@H](C)NC(=O)Cc2cccc3ccccc23)cc1C. The molecule has 0 saturated carbocycles. The number of hydrazine groups is 1. The van der Waals surface area contributed by atoms with Crippen molar-refractivity contribution < 1.29 is 19.1 Å². The van der Waals surface area contributed by atoms with E-state index in [1.54, 1.807) is 13.0 Å². The van der Waals surface area contributed by atoms with Crippen LogP contribution in [0.15, 0.2) is 60.7 Å². The Bertz CT molecular complexity index is 1140. The molecule has 0 radical (unpaired) electrons. The quantitative estimate of drug-likeness (QED) is 0.499. The van der Waals surface area contributed by atoms with Gasteiger partial charge in [0.15, 0.2) is 6.61 Å². The van der Waals surface area contributed by atoms with Crippen LogP contribution in [-0.4, -0.2) is 30.4 Å². The van der Waals surface area contributed by atoms with Gasteiger partial charge in [-0.25, -0.2) is 0 Å². The van der Waals surface area contributed by atoms with Crippen LogP contribution in [0.5, 0.6) is 5.75 Å². The molecule has 0 aliphatic heterocycles. The van der Waals surface area contributed by atoms with Gasteiger partial charge in [0.2, 0.25) is 5.91 Å². The lowest BCUT2D eigenvalue weighted by molar-refractivity contribution is -0.132. The summed E-state index contributed by atoms with van der Waals surface area (Å²) < 4.78 is 5.43. The van der Waals surface area contributed by atoms with Crippen LogP contribution >= 0.6 is 0 Å². The first-order valence-electron chi connectivity index (χ1n) is 10.4. The van der Waals surface area contributed by atoms with Gasteiger partial charge in [0.05, 0.1) is 6.42 Å². The molecule has 32 heavy (non-hydrogen) atoms. The molecule has 3 aromatic carbocycles. The fourth-order valence-corrected chi connectivity index (χ4v) is 3.21. The molecule has 0 heterocycles. The third-order valence-electron chi connectivity index (χ3n) is 5.18. The Balaban J connectivity index is 1.44. The van der Waals surface area contributed by atoms with E-state index in [4.69, 9.17) is 4.74 Å². The number of benzene rings is 3. The lowest BCUT2D eigenvalue weighted by Crippen LogP contribution is -2.52. The lowest BCUT2D eigenvalue weighted by Gasteiger charge is -2.15. The third kappa shape index (κ3) is 6.07. The molecule has 1 atom stereocenters. The van der Waals surface area contributed by atoms with E-state index in [1.807, 2.05) is 68.4 Å². The van der Waals surface area contributed by atoms with Crippen LogP contribution in [0.2, 0.25) is 0 Å². The molecule has 0 unspecified atom stereocenters. The second-order valence-electron chi connectivity index (χ2n) is 7.68. The van der Waals surface area contributed by atoms with Gasteiger partial charge in [0, 0.05) is 0 Å². The summed E-state index contributed by atoms with van der Waals surface area (Å²) in [5, 5.41) is 4.70. The molecule has 7 heteroatoms. The van der Waals surface area contributed by atoms with Crippen molar-refractivity contribution in [3.63, 3.8) is 0 Å². The fraction of sp³-hybridized carbons (Fsp3) is 0.240. The zero-order chi connectivity index (χ0) is 23.1. The topological polar surface area (TPSA) is 96.5 Å². The minimum absolute atomic E-state index is 0.148. The van der Waals surface area contributed by atoms with Crippen LogP contribution in [0.1, 0.15) is 23.6 Å². The van der Waals surface area contributed by atoms with Crippen molar-refractivity contribution in [3.05, 3.63) is 77.4 Å².